The van der Waals surface area contributed by atoms with E-state index in [1.54, 1.807) is 0 Å². The molecule has 0 aliphatic heterocycles. The number of hydrogen-bond acceptors (Lipinski definition) is 5. The molecule has 0 amide bonds. The van der Waals surface area contributed by atoms with Gasteiger partial charge in [0.2, 0.25) is 10.0 Å². The topological polar surface area (TPSA) is 106 Å². The third-order valence-electron chi connectivity index (χ3n) is 5.01. The van der Waals surface area contributed by atoms with Crippen molar-refractivity contribution in [3.8, 4) is 0 Å². The second-order valence-corrected chi connectivity index (χ2v) is 10.5. The van der Waals surface area contributed by atoms with Crippen LogP contribution in [0.3, 0.4) is 0 Å². The van der Waals surface area contributed by atoms with Gasteiger partial charge in [-0.1, -0.05) is 32.8 Å². The second-order valence-electron chi connectivity index (χ2n) is 6.49. The lowest BCUT2D eigenvalue weighted by molar-refractivity contribution is 0.191. The Kier molecular flexibility index (Phi) is 5.74. The fraction of sp³-hybridized carbons (Fsp3) is 0.625. The minimum atomic E-state index is -3.85. The fourth-order valence-electron chi connectivity index (χ4n) is 3.24. The zero-order chi connectivity index (χ0) is 18.0. The molecule has 0 spiro atoms. The zero-order valence-electron chi connectivity index (χ0n) is 14.2. The van der Waals surface area contributed by atoms with Crippen molar-refractivity contribution >= 4 is 19.9 Å². The van der Waals surface area contributed by atoms with E-state index in [1.807, 2.05) is 6.92 Å². The van der Waals surface area contributed by atoms with Gasteiger partial charge in [-0.25, -0.2) is 21.6 Å². The Bertz CT molecular complexity index is 790. The van der Waals surface area contributed by atoms with Crippen LogP contribution in [0, 0.1) is 5.92 Å². The number of sulfonamides is 1. The van der Waals surface area contributed by atoms with Crippen LogP contribution < -0.4 is 10.5 Å². The van der Waals surface area contributed by atoms with Crippen LogP contribution in [0.2, 0.25) is 0 Å². The van der Waals surface area contributed by atoms with E-state index in [-0.39, 0.29) is 28.0 Å². The third-order valence-corrected chi connectivity index (χ3v) is 8.29. The van der Waals surface area contributed by atoms with Gasteiger partial charge >= 0.3 is 0 Å². The van der Waals surface area contributed by atoms with Crippen molar-refractivity contribution in [2.45, 2.75) is 54.9 Å². The number of nitrogens with one attached hydrogen (secondary N) is 1. The van der Waals surface area contributed by atoms with Crippen molar-refractivity contribution < 1.29 is 16.8 Å². The van der Waals surface area contributed by atoms with E-state index in [9.17, 15) is 16.8 Å². The summed E-state index contributed by atoms with van der Waals surface area (Å²) in [5.74, 6) is 0.0573. The highest BCUT2D eigenvalue weighted by Gasteiger charge is 2.40. The predicted octanol–water partition coefficient (Wildman–Crippen LogP) is 1.67. The molecule has 3 N–H and O–H groups in total. The smallest absolute Gasteiger partial charge is 0.241 e. The molecule has 0 heterocycles. The standard InChI is InChI=1S/C16H26N2O4S2/c1-3-23(19,20)14-8-6-9-15(11-14)24(21,22)18-16(12-17)10-5-4-7-13(16)2/h6,8-9,11,13,18H,3-5,7,10,12,17H2,1-2H3. The lowest BCUT2D eigenvalue weighted by Gasteiger charge is -2.42. The second kappa shape index (κ2) is 7.11. The average Bonchev–Trinajstić information content (AvgIpc) is 2.57. The maximum Gasteiger partial charge on any atom is 0.241 e. The zero-order valence-corrected chi connectivity index (χ0v) is 15.8. The van der Waals surface area contributed by atoms with Gasteiger partial charge in [0.25, 0.3) is 0 Å². The molecule has 2 atom stereocenters. The minimum absolute atomic E-state index is 0.0198. The van der Waals surface area contributed by atoms with E-state index in [2.05, 4.69) is 4.72 Å². The van der Waals surface area contributed by atoms with Crippen LogP contribution >= 0.6 is 0 Å². The Morgan fingerprint density at radius 3 is 2.46 bits per heavy atom. The lowest BCUT2D eigenvalue weighted by atomic mass is 9.74. The van der Waals surface area contributed by atoms with E-state index in [0.29, 0.717) is 6.42 Å². The van der Waals surface area contributed by atoms with Gasteiger partial charge in [0.1, 0.15) is 0 Å². The maximum atomic E-state index is 12.8. The van der Waals surface area contributed by atoms with Crippen molar-refractivity contribution in [3.63, 3.8) is 0 Å². The molecule has 136 valence electrons. The van der Waals surface area contributed by atoms with Crippen molar-refractivity contribution in [1.29, 1.82) is 0 Å². The van der Waals surface area contributed by atoms with Crippen LogP contribution in [0.15, 0.2) is 34.1 Å². The summed E-state index contributed by atoms with van der Waals surface area (Å²) in [7, 11) is -7.31. The molecule has 1 fully saturated rings. The molecule has 1 saturated carbocycles. The fourth-order valence-corrected chi connectivity index (χ4v) is 5.82. The first-order valence-electron chi connectivity index (χ1n) is 8.24. The van der Waals surface area contributed by atoms with Gasteiger partial charge in [0.05, 0.1) is 15.5 Å². The molecule has 0 bridgehead atoms. The number of hydrogen-bond donors (Lipinski definition) is 2. The summed E-state index contributed by atoms with van der Waals surface area (Å²) >= 11 is 0. The number of nitrogens with two attached hydrogens (primary N) is 1. The Hall–Kier alpha value is -0.960. The van der Waals surface area contributed by atoms with Crippen molar-refractivity contribution in [1.82, 2.24) is 4.72 Å². The van der Waals surface area contributed by atoms with Crippen molar-refractivity contribution in [3.05, 3.63) is 24.3 Å². The van der Waals surface area contributed by atoms with E-state index >= 15 is 0 Å². The summed E-state index contributed by atoms with van der Waals surface area (Å²) in [5, 5.41) is 0. The number of rotatable bonds is 6. The van der Waals surface area contributed by atoms with Crippen LogP contribution in [0.4, 0.5) is 0 Å². The molecule has 0 saturated heterocycles. The molecule has 6 nitrogen and oxygen atoms in total. The molecule has 1 aliphatic carbocycles. The molecule has 0 aromatic heterocycles. The van der Waals surface area contributed by atoms with E-state index in [0.717, 1.165) is 19.3 Å². The summed E-state index contributed by atoms with van der Waals surface area (Å²) < 4.78 is 52.4. The minimum Gasteiger partial charge on any atom is -0.329 e. The highest BCUT2D eigenvalue weighted by molar-refractivity contribution is 7.91. The quantitative estimate of drug-likeness (QED) is 0.788. The maximum absolute atomic E-state index is 12.8. The van der Waals surface area contributed by atoms with E-state index in [4.69, 9.17) is 5.73 Å². The molecular formula is C16H26N2O4S2. The van der Waals surface area contributed by atoms with Gasteiger partial charge in [-0.2, -0.15) is 0 Å². The Morgan fingerprint density at radius 2 is 1.88 bits per heavy atom. The van der Waals surface area contributed by atoms with Crippen molar-refractivity contribution in [2.24, 2.45) is 11.7 Å². The highest BCUT2D eigenvalue weighted by atomic mass is 32.2. The van der Waals surface area contributed by atoms with Gasteiger partial charge in [-0.15, -0.1) is 0 Å². The van der Waals surface area contributed by atoms with Crippen LogP contribution in [-0.2, 0) is 19.9 Å². The van der Waals surface area contributed by atoms with Crippen LogP contribution in [0.25, 0.3) is 0 Å². The van der Waals surface area contributed by atoms with Crippen molar-refractivity contribution in [2.75, 3.05) is 12.3 Å². The highest BCUT2D eigenvalue weighted by Crippen LogP contribution is 2.34. The largest absolute Gasteiger partial charge is 0.329 e. The van der Waals surface area contributed by atoms with Gasteiger partial charge in [-0.3, -0.25) is 0 Å². The molecule has 1 aromatic carbocycles. The molecule has 1 aliphatic rings. The summed E-state index contributed by atoms with van der Waals surface area (Å²) in [6.45, 7) is 3.76. The molecule has 24 heavy (non-hydrogen) atoms. The van der Waals surface area contributed by atoms with Gasteiger partial charge < -0.3 is 5.73 Å². The Morgan fingerprint density at radius 1 is 1.21 bits per heavy atom. The molecule has 8 heteroatoms. The predicted molar refractivity (Wildman–Crippen MR) is 93.9 cm³/mol. The molecule has 2 unspecified atom stereocenters. The molecule has 2 rings (SSSR count). The summed E-state index contributed by atoms with van der Waals surface area (Å²) in [6, 6.07) is 5.50. The monoisotopic (exact) mass is 374 g/mol. The Balaban J connectivity index is 2.39. The van der Waals surface area contributed by atoms with Gasteiger partial charge in [0.15, 0.2) is 9.84 Å². The molecule has 0 radical (unpaired) electrons. The number of benzene rings is 1. The molecular weight excluding hydrogens is 348 g/mol. The van der Waals surface area contributed by atoms with E-state index in [1.165, 1.54) is 31.2 Å². The summed E-state index contributed by atoms with van der Waals surface area (Å²) in [4.78, 5) is -0.0195. The van der Waals surface area contributed by atoms with Crippen LogP contribution in [0.1, 0.15) is 39.5 Å². The summed E-state index contributed by atoms with van der Waals surface area (Å²) in [6.07, 6.45) is 3.60. The summed E-state index contributed by atoms with van der Waals surface area (Å²) in [5.41, 5.74) is 5.24. The Labute approximate surface area is 144 Å². The number of sulfone groups is 1. The van der Waals surface area contributed by atoms with E-state index < -0.39 is 25.4 Å². The SMILES string of the molecule is CCS(=O)(=O)c1cccc(S(=O)(=O)NC2(CN)CCCCC2C)c1. The first kappa shape index (κ1) is 19.4. The van der Waals surface area contributed by atoms with Crippen LogP contribution in [0.5, 0.6) is 0 Å². The third kappa shape index (κ3) is 3.82. The van der Waals surface area contributed by atoms with Crippen LogP contribution in [-0.4, -0.2) is 34.7 Å². The first-order valence-corrected chi connectivity index (χ1v) is 11.4. The average molecular weight is 375 g/mol. The molecule has 1 aromatic rings. The first-order chi connectivity index (χ1) is 11.2. The normalized spacial score (nSPS) is 25.5. The lowest BCUT2D eigenvalue weighted by Crippen LogP contribution is -2.58. The van der Waals surface area contributed by atoms with Gasteiger partial charge in [0, 0.05) is 12.1 Å². The van der Waals surface area contributed by atoms with Gasteiger partial charge in [-0.05, 0) is 37.0 Å².